The molecule has 0 radical (unpaired) electrons. The van der Waals surface area contributed by atoms with E-state index in [0.717, 1.165) is 0 Å². The van der Waals surface area contributed by atoms with Crippen LogP contribution in [-0.2, 0) is 0 Å². The highest BCUT2D eigenvalue weighted by Crippen LogP contribution is 2.23. The monoisotopic (exact) mass is 257 g/mol. The van der Waals surface area contributed by atoms with E-state index in [-0.39, 0.29) is 11.6 Å². The molecule has 1 aromatic carbocycles. The van der Waals surface area contributed by atoms with Crippen molar-refractivity contribution in [2.75, 3.05) is 0 Å². The fraction of sp³-hybridized carbons (Fsp3) is 0. The average molecular weight is 257 g/mol. The summed E-state index contributed by atoms with van der Waals surface area (Å²) in [7, 11) is 0. The molecule has 0 saturated heterocycles. The van der Waals surface area contributed by atoms with Crippen LogP contribution in [0.25, 0.3) is 16.9 Å². The first-order valence-electron chi connectivity index (χ1n) is 5.49. The van der Waals surface area contributed by atoms with Gasteiger partial charge in [-0.2, -0.15) is 0 Å². The second-order valence-corrected chi connectivity index (χ2v) is 3.91. The Bertz CT molecular complexity index is 765. The van der Waals surface area contributed by atoms with Gasteiger partial charge in [-0.3, -0.25) is 4.40 Å². The maximum absolute atomic E-state index is 12.9. The van der Waals surface area contributed by atoms with Gasteiger partial charge in [-0.25, -0.2) is 19.2 Å². The van der Waals surface area contributed by atoms with Gasteiger partial charge in [0.05, 0.1) is 0 Å². The Morgan fingerprint density at radius 1 is 1.26 bits per heavy atom. The molecule has 5 nitrogen and oxygen atoms in total. The van der Waals surface area contributed by atoms with Gasteiger partial charge in [0.25, 0.3) is 0 Å². The lowest BCUT2D eigenvalue weighted by atomic mass is 10.1. The standard InChI is InChI=1S/C13H8FN3O2/c14-9-4-2-8(3-5-9)10-11-15-6-1-7-17(11)12(16-10)13(18)19/h1-7H,(H,18,19). The van der Waals surface area contributed by atoms with Crippen molar-refractivity contribution in [3.05, 3.63) is 54.4 Å². The van der Waals surface area contributed by atoms with Gasteiger partial charge in [0.2, 0.25) is 5.82 Å². The molecule has 0 amide bonds. The van der Waals surface area contributed by atoms with Crippen LogP contribution < -0.4 is 0 Å². The summed E-state index contributed by atoms with van der Waals surface area (Å²) in [6, 6.07) is 7.29. The minimum Gasteiger partial charge on any atom is -0.475 e. The molecule has 3 rings (SSSR count). The number of nitrogens with zero attached hydrogens (tertiary/aromatic N) is 3. The van der Waals surface area contributed by atoms with E-state index in [1.54, 1.807) is 18.5 Å². The maximum Gasteiger partial charge on any atom is 0.372 e. The molecule has 0 bridgehead atoms. The van der Waals surface area contributed by atoms with E-state index in [9.17, 15) is 9.18 Å². The molecule has 19 heavy (non-hydrogen) atoms. The van der Waals surface area contributed by atoms with Gasteiger partial charge in [0, 0.05) is 18.0 Å². The summed E-state index contributed by atoms with van der Waals surface area (Å²) in [5.74, 6) is -1.63. The van der Waals surface area contributed by atoms with Crippen molar-refractivity contribution in [2.24, 2.45) is 0 Å². The summed E-state index contributed by atoms with van der Waals surface area (Å²) < 4.78 is 14.3. The Balaban J connectivity index is 2.29. The molecule has 2 heterocycles. The van der Waals surface area contributed by atoms with Gasteiger partial charge in [-0.1, -0.05) is 0 Å². The quantitative estimate of drug-likeness (QED) is 0.764. The van der Waals surface area contributed by atoms with E-state index >= 15 is 0 Å². The zero-order valence-corrected chi connectivity index (χ0v) is 9.62. The zero-order chi connectivity index (χ0) is 13.4. The van der Waals surface area contributed by atoms with Crippen LogP contribution in [0.2, 0.25) is 0 Å². The number of carbonyl (C=O) groups is 1. The van der Waals surface area contributed by atoms with Crippen molar-refractivity contribution in [1.82, 2.24) is 14.4 Å². The minimum absolute atomic E-state index is 0.123. The Hall–Kier alpha value is -2.76. The molecule has 0 fully saturated rings. The highest BCUT2D eigenvalue weighted by molar-refractivity contribution is 5.88. The largest absolute Gasteiger partial charge is 0.475 e. The van der Waals surface area contributed by atoms with Crippen molar-refractivity contribution in [1.29, 1.82) is 0 Å². The number of halogens is 1. The molecule has 0 unspecified atom stereocenters. The van der Waals surface area contributed by atoms with Gasteiger partial charge < -0.3 is 5.11 Å². The predicted molar refractivity (Wildman–Crippen MR) is 65.3 cm³/mol. The normalized spacial score (nSPS) is 10.8. The van der Waals surface area contributed by atoms with E-state index in [1.165, 1.54) is 28.7 Å². The van der Waals surface area contributed by atoms with Gasteiger partial charge in [0.15, 0.2) is 5.65 Å². The Kier molecular flexibility index (Phi) is 2.49. The third kappa shape index (κ3) is 1.83. The van der Waals surface area contributed by atoms with Crippen LogP contribution in [0, 0.1) is 5.82 Å². The number of hydrogen-bond acceptors (Lipinski definition) is 3. The first-order valence-corrected chi connectivity index (χ1v) is 5.49. The van der Waals surface area contributed by atoms with E-state index in [2.05, 4.69) is 9.97 Å². The highest BCUT2D eigenvalue weighted by Gasteiger charge is 2.18. The SMILES string of the molecule is O=C(O)c1nc(-c2ccc(F)cc2)c2ncccn12. The van der Waals surface area contributed by atoms with Crippen LogP contribution in [0.5, 0.6) is 0 Å². The van der Waals surface area contributed by atoms with Crippen LogP contribution >= 0.6 is 0 Å². The second-order valence-electron chi connectivity index (χ2n) is 3.91. The molecular weight excluding hydrogens is 249 g/mol. The molecule has 0 saturated carbocycles. The zero-order valence-electron chi connectivity index (χ0n) is 9.62. The molecule has 0 aliphatic heterocycles. The molecule has 0 aliphatic rings. The van der Waals surface area contributed by atoms with E-state index < -0.39 is 5.97 Å². The lowest BCUT2D eigenvalue weighted by Gasteiger charge is -1.97. The second kappa shape index (κ2) is 4.16. The van der Waals surface area contributed by atoms with Gasteiger partial charge >= 0.3 is 5.97 Å². The van der Waals surface area contributed by atoms with Gasteiger partial charge in [-0.15, -0.1) is 0 Å². The number of benzene rings is 1. The van der Waals surface area contributed by atoms with Crippen LogP contribution in [0.1, 0.15) is 10.6 Å². The fourth-order valence-electron chi connectivity index (χ4n) is 1.88. The van der Waals surface area contributed by atoms with E-state index in [0.29, 0.717) is 16.9 Å². The van der Waals surface area contributed by atoms with Crippen LogP contribution in [0.3, 0.4) is 0 Å². The summed E-state index contributed by atoms with van der Waals surface area (Å²) >= 11 is 0. The third-order valence-electron chi connectivity index (χ3n) is 2.71. The Morgan fingerprint density at radius 2 is 2.00 bits per heavy atom. The summed E-state index contributed by atoms with van der Waals surface area (Å²) in [6.07, 6.45) is 3.13. The molecule has 6 heteroatoms. The Labute approximate surface area is 107 Å². The summed E-state index contributed by atoms with van der Waals surface area (Å²) in [5.41, 5.74) is 1.45. The predicted octanol–water partition coefficient (Wildman–Crippen LogP) is 2.23. The number of carboxylic acid groups (broad SMARTS) is 1. The van der Waals surface area contributed by atoms with E-state index in [4.69, 9.17) is 5.11 Å². The highest BCUT2D eigenvalue weighted by atomic mass is 19.1. The Morgan fingerprint density at radius 3 is 2.68 bits per heavy atom. The molecule has 1 N–H and O–H groups in total. The van der Waals surface area contributed by atoms with Crippen LogP contribution in [-0.4, -0.2) is 25.4 Å². The summed E-state index contributed by atoms with van der Waals surface area (Å²) in [5, 5.41) is 9.12. The minimum atomic E-state index is -1.14. The molecule has 0 aliphatic carbocycles. The molecule has 0 spiro atoms. The van der Waals surface area contributed by atoms with Crippen LogP contribution in [0.4, 0.5) is 4.39 Å². The van der Waals surface area contributed by atoms with E-state index in [1.807, 2.05) is 0 Å². The van der Waals surface area contributed by atoms with Crippen molar-refractivity contribution >= 4 is 11.6 Å². The molecule has 94 valence electrons. The fourth-order valence-corrected chi connectivity index (χ4v) is 1.88. The lowest BCUT2D eigenvalue weighted by molar-refractivity contribution is 0.0683. The first-order chi connectivity index (χ1) is 9.16. The molecule has 3 aromatic rings. The molecular formula is C13H8FN3O2. The number of rotatable bonds is 2. The average Bonchev–Trinajstić information content (AvgIpc) is 2.79. The van der Waals surface area contributed by atoms with Crippen molar-refractivity contribution < 1.29 is 14.3 Å². The maximum atomic E-state index is 12.9. The van der Waals surface area contributed by atoms with Crippen molar-refractivity contribution in [2.45, 2.75) is 0 Å². The van der Waals surface area contributed by atoms with Gasteiger partial charge in [-0.05, 0) is 30.3 Å². The smallest absolute Gasteiger partial charge is 0.372 e. The van der Waals surface area contributed by atoms with Crippen molar-refractivity contribution in [3.8, 4) is 11.3 Å². The summed E-state index contributed by atoms with van der Waals surface area (Å²) in [6.45, 7) is 0. The topological polar surface area (TPSA) is 67.5 Å². The first kappa shape index (κ1) is 11.3. The number of hydrogen-bond donors (Lipinski definition) is 1. The molecule has 2 aromatic heterocycles. The third-order valence-corrected chi connectivity index (χ3v) is 2.71. The number of carboxylic acids is 1. The number of fused-ring (bicyclic) bond motifs is 1. The van der Waals surface area contributed by atoms with Crippen molar-refractivity contribution in [3.63, 3.8) is 0 Å². The lowest BCUT2D eigenvalue weighted by Crippen LogP contribution is -2.03. The molecule has 0 atom stereocenters. The van der Waals surface area contributed by atoms with Crippen LogP contribution in [0.15, 0.2) is 42.7 Å². The number of imidazole rings is 1. The summed E-state index contributed by atoms with van der Waals surface area (Å²) in [4.78, 5) is 19.3. The number of aromatic nitrogens is 3. The number of aromatic carboxylic acids is 1. The van der Waals surface area contributed by atoms with Gasteiger partial charge in [0.1, 0.15) is 11.5 Å².